The van der Waals surface area contributed by atoms with E-state index in [4.69, 9.17) is 4.42 Å². The molecule has 1 fully saturated rings. The van der Waals surface area contributed by atoms with Crippen LogP contribution in [0, 0.1) is 5.92 Å². The SMILES string of the molecule is CC(C)C(=O)Nc1ccc(C(=O)C(C)Sc2nnc(N3CCCC3)n2Cc2ccco2)cc1. The highest BCUT2D eigenvalue weighted by atomic mass is 32.2. The highest BCUT2D eigenvalue weighted by Gasteiger charge is 2.25. The molecule has 0 bridgehead atoms. The minimum absolute atomic E-state index is 0.00277. The Labute approximate surface area is 197 Å². The van der Waals surface area contributed by atoms with E-state index in [0.717, 1.165) is 37.6 Å². The number of aromatic nitrogens is 3. The number of rotatable bonds is 9. The number of Topliss-reactive ketones (excluding diaryl/α,β-unsaturated/α-hetero) is 1. The minimum atomic E-state index is -0.355. The van der Waals surface area contributed by atoms with E-state index in [2.05, 4.69) is 20.4 Å². The van der Waals surface area contributed by atoms with E-state index in [9.17, 15) is 9.59 Å². The van der Waals surface area contributed by atoms with Crippen molar-refractivity contribution < 1.29 is 14.0 Å². The van der Waals surface area contributed by atoms with Crippen molar-refractivity contribution in [1.82, 2.24) is 14.8 Å². The lowest BCUT2D eigenvalue weighted by Gasteiger charge is -2.18. The number of benzene rings is 1. The van der Waals surface area contributed by atoms with Gasteiger partial charge in [-0.25, -0.2) is 0 Å². The summed E-state index contributed by atoms with van der Waals surface area (Å²) in [5, 5.41) is 12.0. The predicted molar refractivity (Wildman–Crippen MR) is 129 cm³/mol. The number of nitrogens with zero attached hydrogens (tertiary/aromatic N) is 4. The molecule has 1 amide bonds. The van der Waals surface area contributed by atoms with Crippen molar-refractivity contribution in [2.75, 3.05) is 23.3 Å². The molecule has 1 aliphatic rings. The zero-order valence-electron chi connectivity index (χ0n) is 19.2. The van der Waals surface area contributed by atoms with Gasteiger partial charge < -0.3 is 14.6 Å². The van der Waals surface area contributed by atoms with Crippen LogP contribution in [0.5, 0.6) is 0 Å². The van der Waals surface area contributed by atoms with Crippen LogP contribution >= 0.6 is 11.8 Å². The Hall–Kier alpha value is -3.07. The Morgan fingerprint density at radius 1 is 1.09 bits per heavy atom. The van der Waals surface area contributed by atoms with Crippen molar-refractivity contribution in [3.8, 4) is 0 Å². The Bertz CT molecular complexity index is 1090. The summed E-state index contributed by atoms with van der Waals surface area (Å²) >= 11 is 1.40. The van der Waals surface area contributed by atoms with E-state index in [-0.39, 0.29) is 22.9 Å². The number of anilines is 2. The fourth-order valence-corrected chi connectivity index (χ4v) is 4.59. The molecule has 1 unspecified atom stereocenters. The zero-order valence-corrected chi connectivity index (χ0v) is 20.0. The second-order valence-corrected chi connectivity index (χ2v) is 9.80. The first-order chi connectivity index (χ1) is 15.9. The lowest BCUT2D eigenvalue weighted by Crippen LogP contribution is -2.23. The Morgan fingerprint density at radius 3 is 2.45 bits per heavy atom. The van der Waals surface area contributed by atoms with Gasteiger partial charge in [0.05, 0.1) is 18.1 Å². The largest absolute Gasteiger partial charge is 0.467 e. The lowest BCUT2D eigenvalue weighted by atomic mass is 10.1. The molecule has 0 saturated carbocycles. The van der Waals surface area contributed by atoms with Crippen LogP contribution in [0.15, 0.2) is 52.2 Å². The van der Waals surface area contributed by atoms with Gasteiger partial charge in [-0.2, -0.15) is 0 Å². The van der Waals surface area contributed by atoms with Crippen molar-refractivity contribution in [2.45, 2.75) is 50.6 Å². The van der Waals surface area contributed by atoms with E-state index < -0.39 is 0 Å². The monoisotopic (exact) mass is 467 g/mol. The van der Waals surface area contributed by atoms with Gasteiger partial charge >= 0.3 is 0 Å². The first kappa shape index (κ1) is 23.1. The Balaban J connectivity index is 1.48. The summed E-state index contributed by atoms with van der Waals surface area (Å²) in [6.07, 6.45) is 3.93. The van der Waals surface area contributed by atoms with Gasteiger partial charge in [-0.05, 0) is 56.2 Å². The fraction of sp³-hybridized carbons (Fsp3) is 0.417. The molecule has 0 aliphatic carbocycles. The van der Waals surface area contributed by atoms with E-state index in [1.807, 2.05) is 37.5 Å². The molecule has 1 aliphatic heterocycles. The van der Waals surface area contributed by atoms with Gasteiger partial charge in [-0.3, -0.25) is 14.2 Å². The summed E-state index contributed by atoms with van der Waals surface area (Å²) in [6.45, 7) is 7.98. The summed E-state index contributed by atoms with van der Waals surface area (Å²) in [4.78, 5) is 27.2. The number of hydrogen-bond acceptors (Lipinski definition) is 7. The van der Waals surface area contributed by atoms with Crippen LogP contribution in [0.4, 0.5) is 11.6 Å². The maximum Gasteiger partial charge on any atom is 0.228 e. The first-order valence-corrected chi connectivity index (χ1v) is 12.1. The maximum absolute atomic E-state index is 13.1. The molecule has 3 aromatic rings. The maximum atomic E-state index is 13.1. The molecule has 0 spiro atoms. The summed E-state index contributed by atoms with van der Waals surface area (Å²) in [5.41, 5.74) is 1.27. The molecular weight excluding hydrogens is 438 g/mol. The van der Waals surface area contributed by atoms with Gasteiger partial charge in [0.1, 0.15) is 5.76 Å². The van der Waals surface area contributed by atoms with Crippen molar-refractivity contribution in [2.24, 2.45) is 5.92 Å². The first-order valence-electron chi connectivity index (χ1n) is 11.2. The van der Waals surface area contributed by atoms with E-state index in [1.54, 1.807) is 30.5 Å². The summed E-state index contributed by atoms with van der Waals surface area (Å²) in [5.74, 6) is 1.47. The minimum Gasteiger partial charge on any atom is -0.467 e. The van der Waals surface area contributed by atoms with Crippen molar-refractivity contribution in [1.29, 1.82) is 0 Å². The Kier molecular flexibility index (Phi) is 7.17. The molecule has 1 N–H and O–H groups in total. The van der Waals surface area contributed by atoms with Crippen LogP contribution in [0.3, 0.4) is 0 Å². The molecule has 1 aromatic carbocycles. The van der Waals surface area contributed by atoms with Gasteiger partial charge in [0, 0.05) is 30.3 Å². The molecule has 9 heteroatoms. The third-order valence-electron chi connectivity index (χ3n) is 5.59. The fourth-order valence-electron chi connectivity index (χ4n) is 3.67. The van der Waals surface area contributed by atoms with Crippen LogP contribution < -0.4 is 10.2 Å². The number of ketones is 1. The topological polar surface area (TPSA) is 93.3 Å². The number of amides is 1. The molecule has 0 radical (unpaired) electrons. The highest BCUT2D eigenvalue weighted by molar-refractivity contribution is 8.00. The molecule has 8 nitrogen and oxygen atoms in total. The quantitative estimate of drug-likeness (QED) is 0.366. The normalized spacial score (nSPS) is 14.6. The number of carbonyl (C=O) groups is 2. The van der Waals surface area contributed by atoms with Gasteiger partial charge in [0.2, 0.25) is 11.9 Å². The smallest absolute Gasteiger partial charge is 0.228 e. The third-order valence-corrected chi connectivity index (χ3v) is 6.67. The third kappa shape index (κ3) is 5.47. The molecule has 2 aromatic heterocycles. The number of furan rings is 1. The second-order valence-electron chi connectivity index (χ2n) is 8.49. The molecule has 4 rings (SSSR count). The highest BCUT2D eigenvalue weighted by Crippen LogP contribution is 2.30. The van der Waals surface area contributed by atoms with Crippen molar-refractivity contribution >= 4 is 35.1 Å². The van der Waals surface area contributed by atoms with Crippen molar-refractivity contribution in [3.63, 3.8) is 0 Å². The predicted octanol–water partition coefficient (Wildman–Crippen LogP) is 4.48. The summed E-state index contributed by atoms with van der Waals surface area (Å²) in [7, 11) is 0. The van der Waals surface area contributed by atoms with Gasteiger partial charge in [0.25, 0.3) is 0 Å². The lowest BCUT2D eigenvalue weighted by molar-refractivity contribution is -0.118. The van der Waals surface area contributed by atoms with Crippen LogP contribution in [-0.2, 0) is 11.3 Å². The zero-order chi connectivity index (χ0) is 23.4. The van der Waals surface area contributed by atoms with Gasteiger partial charge in [-0.15, -0.1) is 10.2 Å². The standard InChI is InChI=1S/C24H29N5O3S/c1-16(2)22(31)25-19-10-8-18(9-11-19)21(30)17(3)33-24-27-26-23(28-12-4-5-13-28)29(24)15-20-7-6-14-32-20/h6-11,14,16-17H,4-5,12-13,15H2,1-3H3,(H,25,31). The summed E-state index contributed by atoms with van der Waals surface area (Å²) in [6, 6.07) is 10.8. The van der Waals surface area contributed by atoms with Crippen LogP contribution in [0.2, 0.25) is 0 Å². The average Bonchev–Trinajstić information content (AvgIpc) is 3.57. The molecule has 1 atom stereocenters. The average molecular weight is 468 g/mol. The molecular formula is C24H29N5O3S. The number of thioether (sulfide) groups is 1. The molecule has 33 heavy (non-hydrogen) atoms. The number of hydrogen-bond donors (Lipinski definition) is 1. The van der Waals surface area contributed by atoms with Gasteiger partial charge in [0.15, 0.2) is 10.9 Å². The number of carbonyl (C=O) groups excluding carboxylic acids is 2. The van der Waals surface area contributed by atoms with E-state index in [0.29, 0.717) is 23.0 Å². The molecule has 3 heterocycles. The van der Waals surface area contributed by atoms with E-state index in [1.165, 1.54) is 11.8 Å². The van der Waals surface area contributed by atoms with Crippen molar-refractivity contribution in [3.05, 3.63) is 54.0 Å². The van der Waals surface area contributed by atoms with Crippen LogP contribution in [0.1, 0.15) is 49.7 Å². The molecule has 1 saturated heterocycles. The van der Waals surface area contributed by atoms with Crippen LogP contribution in [-0.4, -0.2) is 44.8 Å². The summed E-state index contributed by atoms with van der Waals surface area (Å²) < 4.78 is 7.58. The van der Waals surface area contributed by atoms with Gasteiger partial charge in [-0.1, -0.05) is 25.6 Å². The molecule has 174 valence electrons. The van der Waals surface area contributed by atoms with Crippen LogP contribution in [0.25, 0.3) is 0 Å². The Morgan fingerprint density at radius 2 is 1.82 bits per heavy atom. The van der Waals surface area contributed by atoms with E-state index >= 15 is 0 Å². The second kappa shape index (κ2) is 10.2. The number of nitrogens with one attached hydrogen (secondary N) is 1.